The first-order chi connectivity index (χ1) is 10.2. The van der Waals surface area contributed by atoms with Gasteiger partial charge in [0, 0.05) is 12.1 Å². The third kappa shape index (κ3) is 2.66. The van der Waals surface area contributed by atoms with Gasteiger partial charge in [-0.25, -0.2) is 0 Å². The van der Waals surface area contributed by atoms with Gasteiger partial charge in [-0.05, 0) is 37.3 Å². The quantitative estimate of drug-likeness (QED) is 0.929. The van der Waals surface area contributed by atoms with E-state index >= 15 is 0 Å². The molecule has 110 valence electrons. The molecule has 1 N–H and O–H groups in total. The van der Waals surface area contributed by atoms with E-state index < -0.39 is 5.97 Å². The number of pyridine rings is 1. The Morgan fingerprint density at radius 1 is 1.48 bits per heavy atom. The molecule has 1 saturated carbocycles. The highest BCUT2D eigenvalue weighted by atomic mass is 16.5. The molecule has 2 unspecified atom stereocenters. The van der Waals surface area contributed by atoms with E-state index in [9.17, 15) is 4.79 Å². The largest absolute Gasteiger partial charge is 0.481 e. The zero-order chi connectivity index (χ0) is 14.8. The number of rotatable bonds is 4. The Balaban J connectivity index is 1.82. The van der Waals surface area contributed by atoms with Gasteiger partial charge in [0.25, 0.3) is 0 Å². The molecule has 2 atom stereocenters. The molecule has 2 heterocycles. The molecule has 6 heteroatoms. The molecule has 3 rings (SSSR count). The summed E-state index contributed by atoms with van der Waals surface area (Å²) in [6.07, 6.45) is 4.57. The van der Waals surface area contributed by atoms with Gasteiger partial charge in [-0.15, -0.1) is 0 Å². The highest BCUT2D eigenvalue weighted by Crippen LogP contribution is 2.38. The molecular weight excluding hydrogens is 270 g/mol. The second-order valence-corrected chi connectivity index (χ2v) is 5.37. The van der Waals surface area contributed by atoms with Crippen molar-refractivity contribution >= 4 is 5.97 Å². The lowest BCUT2D eigenvalue weighted by Crippen LogP contribution is -2.09. The van der Waals surface area contributed by atoms with Crippen LogP contribution < -0.4 is 0 Å². The van der Waals surface area contributed by atoms with E-state index in [4.69, 9.17) is 9.63 Å². The van der Waals surface area contributed by atoms with E-state index in [0.717, 1.165) is 24.1 Å². The molecule has 1 aliphatic rings. The van der Waals surface area contributed by atoms with Crippen LogP contribution in [0.1, 0.15) is 43.6 Å². The van der Waals surface area contributed by atoms with Gasteiger partial charge in [0.2, 0.25) is 11.7 Å². The number of hydrogen-bond donors (Lipinski definition) is 1. The van der Waals surface area contributed by atoms with Crippen molar-refractivity contribution in [3.8, 4) is 11.5 Å². The third-order valence-electron chi connectivity index (χ3n) is 4.06. The number of aliphatic carboxylic acids is 1. The number of carboxylic acids is 1. The topological polar surface area (TPSA) is 89.1 Å². The van der Waals surface area contributed by atoms with Gasteiger partial charge in [-0.1, -0.05) is 18.1 Å². The van der Waals surface area contributed by atoms with Gasteiger partial charge in [0.1, 0.15) is 5.69 Å². The van der Waals surface area contributed by atoms with E-state index in [1.54, 1.807) is 6.20 Å². The van der Waals surface area contributed by atoms with E-state index in [-0.39, 0.29) is 11.8 Å². The van der Waals surface area contributed by atoms with Crippen LogP contribution in [0.15, 0.2) is 22.9 Å². The van der Waals surface area contributed by atoms with Gasteiger partial charge < -0.3 is 9.63 Å². The standard InChI is InChI=1S/C15H17N3O3/c1-2-9-4-3-7-16-12(9)13-17-14(21-18-13)10-5-6-11(8-10)15(19)20/h3-4,7,10-11H,2,5-6,8H2,1H3,(H,19,20). The first-order valence-corrected chi connectivity index (χ1v) is 7.19. The molecule has 0 aliphatic heterocycles. The van der Waals surface area contributed by atoms with Gasteiger partial charge >= 0.3 is 5.97 Å². The summed E-state index contributed by atoms with van der Waals surface area (Å²) in [5.41, 5.74) is 1.81. The molecular formula is C15H17N3O3. The van der Waals surface area contributed by atoms with Crippen LogP contribution in [0.25, 0.3) is 11.5 Å². The van der Waals surface area contributed by atoms with E-state index in [2.05, 4.69) is 22.0 Å². The molecule has 1 fully saturated rings. The van der Waals surface area contributed by atoms with Crippen molar-refractivity contribution in [2.45, 2.75) is 38.5 Å². The average molecular weight is 287 g/mol. The summed E-state index contributed by atoms with van der Waals surface area (Å²) in [5, 5.41) is 13.1. The lowest BCUT2D eigenvalue weighted by atomic mass is 10.1. The van der Waals surface area contributed by atoms with Crippen molar-refractivity contribution in [3.63, 3.8) is 0 Å². The smallest absolute Gasteiger partial charge is 0.306 e. The first kappa shape index (κ1) is 13.7. The van der Waals surface area contributed by atoms with Gasteiger partial charge in [-0.2, -0.15) is 4.98 Å². The maximum absolute atomic E-state index is 11.0. The molecule has 0 radical (unpaired) electrons. The monoisotopic (exact) mass is 287 g/mol. The summed E-state index contributed by atoms with van der Waals surface area (Å²) in [5.74, 6) is 0.0189. The Hall–Kier alpha value is -2.24. The van der Waals surface area contributed by atoms with Gasteiger partial charge in [-0.3, -0.25) is 9.78 Å². The normalized spacial score (nSPS) is 21.6. The molecule has 2 aromatic heterocycles. The van der Waals surface area contributed by atoms with Crippen LogP contribution in [-0.4, -0.2) is 26.2 Å². The number of carbonyl (C=O) groups is 1. The summed E-state index contributed by atoms with van der Waals surface area (Å²) in [4.78, 5) is 19.8. The molecule has 2 aromatic rings. The van der Waals surface area contributed by atoms with Crippen molar-refractivity contribution < 1.29 is 14.4 Å². The predicted molar refractivity (Wildman–Crippen MR) is 74.6 cm³/mol. The van der Waals surface area contributed by atoms with Crippen molar-refractivity contribution in [2.24, 2.45) is 5.92 Å². The fraction of sp³-hybridized carbons (Fsp3) is 0.467. The second-order valence-electron chi connectivity index (χ2n) is 5.37. The Morgan fingerprint density at radius 3 is 3.05 bits per heavy atom. The predicted octanol–water partition coefficient (Wildman–Crippen LogP) is 2.66. The van der Waals surface area contributed by atoms with E-state index in [1.807, 2.05) is 12.1 Å². The Morgan fingerprint density at radius 2 is 2.33 bits per heavy atom. The number of nitrogens with zero attached hydrogens (tertiary/aromatic N) is 3. The summed E-state index contributed by atoms with van der Waals surface area (Å²) < 4.78 is 5.34. The second kappa shape index (κ2) is 5.63. The number of carboxylic acid groups (broad SMARTS) is 1. The van der Waals surface area contributed by atoms with Crippen molar-refractivity contribution in [3.05, 3.63) is 29.8 Å². The van der Waals surface area contributed by atoms with Crippen LogP contribution in [-0.2, 0) is 11.2 Å². The maximum Gasteiger partial charge on any atom is 0.306 e. The number of aromatic nitrogens is 3. The minimum atomic E-state index is -0.741. The highest BCUT2D eigenvalue weighted by Gasteiger charge is 2.34. The molecule has 0 bridgehead atoms. The first-order valence-electron chi connectivity index (χ1n) is 7.19. The zero-order valence-corrected chi connectivity index (χ0v) is 11.8. The van der Waals surface area contributed by atoms with Gasteiger partial charge in [0.05, 0.1) is 5.92 Å². The molecule has 0 aromatic carbocycles. The van der Waals surface area contributed by atoms with Crippen LogP contribution in [0.5, 0.6) is 0 Å². The minimum absolute atomic E-state index is 0.0427. The van der Waals surface area contributed by atoms with Crippen LogP contribution in [0.2, 0.25) is 0 Å². The van der Waals surface area contributed by atoms with Crippen LogP contribution >= 0.6 is 0 Å². The summed E-state index contributed by atoms with van der Waals surface area (Å²) in [7, 11) is 0. The Labute approximate surface area is 122 Å². The molecule has 1 aliphatic carbocycles. The Kier molecular flexibility index (Phi) is 3.68. The molecule has 0 spiro atoms. The van der Waals surface area contributed by atoms with Crippen molar-refractivity contribution in [1.29, 1.82) is 0 Å². The maximum atomic E-state index is 11.0. The van der Waals surface area contributed by atoms with Crippen LogP contribution in [0.3, 0.4) is 0 Å². The summed E-state index contributed by atoms with van der Waals surface area (Å²) in [6, 6.07) is 3.88. The van der Waals surface area contributed by atoms with Gasteiger partial charge in [0.15, 0.2) is 0 Å². The molecule has 21 heavy (non-hydrogen) atoms. The number of aryl methyl sites for hydroxylation is 1. The van der Waals surface area contributed by atoms with Crippen molar-refractivity contribution in [2.75, 3.05) is 0 Å². The SMILES string of the molecule is CCc1cccnc1-c1noc(C2CCC(C(=O)O)C2)n1. The average Bonchev–Trinajstić information content (AvgIpc) is 3.16. The summed E-state index contributed by atoms with van der Waals surface area (Å²) >= 11 is 0. The van der Waals surface area contributed by atoms with Crippen molar-refractivity contribution in [1.82, 2.24) is 15.1 Å². The highest BCUT2D eigenvalue weighted by molar-refractivity contribution is 5.70. The summed E-state index contributed by atoms with van der Waals surface area (Å²) in [6.45, 7) is 2.05. The minimum Gasteiger partial charge on any atom is -0.481 e. The third-order valence-corrected chi connectivity index (χ3v) is 4.06. The van der Waals surface area contributed by atoms with E-state index in [1.165, 1.54) is 0 Å². The number of hydrogen-bond acceptors (Lipinski definition) is 5. The fourth-order valence-electron chi connectivity index (χ4n) is 2.85. The molecule has 0 amide bonds. The van der Waals surface area contributed by atoms with Crippen LogP contribution in [0, 0.1) is 5.92 Å². The lowest BCUT2D eigenvalue weighted by molar-refractivity contribution is -0.141. The lowest BCUT2D eigenvalue weighted by Gasteiger charge is -2.03. The fourth-order valence-corrected chi connectivity index (χ4v) is 2.85. The molecule has 0 saturated heterocycles. The molecule has 6 nitrogen and oxygen atoms in total. The van der Waals surface area contributed by atoms with E-state index in [0.29, 0.717) is 24.6 Å². The van der Waals surface area contributed by atoms with Crippen LogP contribution in [0.4, 0.5) is 0 Å². The Bertz CT molecular complexity index is 653. The zero-order valence-electron chi connectivity index (χ0n) is 11.8.